The summed E-state index contributed by atoms with van der Waals surface area (Å²) >= 11 is 0. The molecule has 4 heteroatoms. The molecule has 0 spiro atoms. The molecule has 12 heavy (non-hydrogen) atoms. The van der Waals surface area contributed by atoms with Crippen LogP contribution in [-0.4, -0.2) is 15.2 Å². The van der Waals surface area contributed by atoms with Crippen LogP contribution < -0.4 is 5.73 Å². The lowest BCUT2D eigenvalue weighted by molar-refractivity contribution is 0.598. The molecule has 0 aliphatic rings. The van der Waals surface area contributed by atoms with Crippen LogP contribution in [0.1, 0.15) is 44.9 Å². The van der Waals surface area contributed by atoms with Gasteiger partial charge in [0, 0.05) is 5.92 Å². The first-order valence-corrected chi connectivity index (χ1v) is 4.42. The molecular formula is C8H16N4. The minimum Gasteiger partial charge on any atom is -0.368 e. The van der Waals surface area contributed by atoms with Gasteiger partial charge in [0.1, 0.15) is 5.82 Å². The molecule has 68 valence electrons. The zero-order valence-corrected chi connectivity index (χ0v) is 7.67. The van der Waals surface area contributed by atoms with Crippen molar-refractivity contribution in [2.45, 2.75) is 39.0 Å². The number of nitrogens with zero attached hydrogens (tertiary/aromatic N) is 2. The van der Waals surface area contributed by atoms with Gasteiger partial charge in [0.05, 0.1) is 0 Å². The van der Waals surface area contributed by atoms with E-state index in [1.807, 2.05) is 0 Å². The summed E-state index contributed by atoms with van der Waals surface area (Å²) in [6.45, 7) is 4.32. The van der Waals surface area contributed by atoms with Gasteiger partial charge in [-0.15, -0.1) is 10.2 Å². The van der Waals surface area contributed by atoms with Crippen LogP contribution in [0.5, 0.6) is 0 Å². The van der Waals surface area contributed by atoms with Crippen molar-refractivity contribution in [1.29, 1.82) is 0 Å². The maximum absolute atomic E-state index is 5.42. The molecule has 0 saturated carbocycles. The van der Waals surface area contributed by atoms with Crippen LogP contribution in [-0.2, 0) is 0 Å². The minimum atomic E-state index is 0.411. The molecule has 3 N–H and O–H groups in total. The predicted octanol–water partition coefficient (Wildman–Crippen LogP) is 1.68. The molecular weight excluding hydrogens is 152 g/mol. The second kappa shape index (κ2) is 4.09. The lowest BCUT2D eigenvalue weighted by Gasteiger charge is -2.04. The summed E-state index contributed by atoms with van der Waals surface area (Å²) in [5.74, 6) is 1.75. The van der Waals surface area contributed by atoms with E-state index in [0.29, 0.717) is 11.9 Å². The van der Waals surface area contributed by atoms with E-state index in [1.54, 1.807) is 0 Å². The van der Waals surface area contributed by atoms with E-state index in [9.17, 15) is 0 Å². The Morgan fingerprint density at radius 1 is 1.50 bits per heavy atom. The maximum Gasteiger partial charge on any atom is 0.219 e. The molecule has 1 rings (SSSR count). The van der Waals surface area contributed by atoms with Crippen molar-refractivity contribution in [3.8, 4) is 0 Å². The Balaban J connectivity index is 2.47. The third kappa shape index (κ3) is 2.22. The molecule has 1 aromatic rings. The molecule has 1 unspecified atom stereocenters. The number of nitrogens with two attached hydrogens (primary N) is 1. The lowest BCUT2D eigenvalue weighted by Crippen LogP contribution is -1.96. The Hall–Kier alpha value is -1.06. The molecule has 0 aromatic carbocycles. The Bertz CT molecular complexity index is 231. The number of anilines is 1. The SMILES string of the molecule is CCCCC(C)c1nnc(N)[nH]1. The lowest BCUT2D eigenvalue weighted by atomic mass is 10.0. The molecule has 4 nitrogen and oxygen atoms in total. The highest BCUT2D eigenvalue weighted by atomic mass is 15.3. The van der Waals surface area contributed by atoms with Crippen LogP contribution in [0.4, 0.5) is 5.95 Å². The summed E-state index contributed by atoms with van der Waals surface area (Å²) in [4.78, 5) is 2.94. The van der Waals surface area contributed by atoms with Crippen LogP contribution in [0, 0.1) is 0 Å². The fraction of sp³-hybridized carbons (Fsp3) is 0.750. The number of nitrogens with one attached hydrogen (secondary N) is 1. The standard InChI is InChI=1S/C8H16N4/c1-3-4-5-6(2)7-10-8(9)12-11-7/h6H,3-5H2,1-2H3,(H3,9,10,11,12). The Kier molecular flexibility index (Phi) is 3.08. The van der Waals surface area contributed by atoms with E-state index in [0.717, 1.165) is 12.2 Å². The van der Waals surface area contributed by atoms with Gasteiger partial charge in [0.15, 0.2) is 0 Å². The van der Waals surface area contributed by atoms with Crippen molar-refractivity contribution in [3.05, 3.63) is 5.82 Å². The number of aromatic amines is 1. The van der Waals surface area contributed by atoms with E-state index in [-0.39, 0.29) is 0 Å². The third-order valence-corrected chi connectivity index (χ3v) is 1.98. The number of H-pyrrole nitrogens is 1. The Labute approximate surface area is 72.6 Å². The Morgan fingerprint density at radius 2 is 2.25 bits per heavy atom. The van der Waals surface area contributed by atoms with Crippen LogP contribution >= 0.6 is 0 Å². The summed E-state index contributed by atoms with van der Waals surface area (Å²) in [5.41, 5.74) is 5.42. The second-order valence-electron chi connectivity index (χ2n) is 3.14. The van der Waals surface area contributed by atoms with Gasteiger partial charge in [-0.2, -0.15) is 0 Å². The van der Waals surface area contributed by atoms with Gasteiger partial charge in [-0.3, -0.25) is 0 Å². The molecule has 1 aromatic heterocycles. The first-order chi connectivity index (χ1) is 5.74. The van der Waals surface area contributed by atoms with Crippen LogP contribution in [0.25, 0.3) is 0 Å². The maximum atomic E-state index is 5.42. The molecule has 0 aliphatic carbocycles. The molecule has 1 heterocycles. The van der Waals surface area contributed by atoms with Crippen molar-refractivity contribution in [2.75, 3.05) is 5.73 Å². The monoisotopic (exact) mass is 168 g/mol. The van der Waals surface area contributed by atoms with Crippen LogP contribution in [0.2, 0.25) is 0 Å². The molecule has 0 radical (unpaired) electrons. The number of aromatic nitrogens is 3. The zero-order valence-electron chi connectivity index (χ0n) is 7.67. The van der Waals surface area contributed by atoms with Crippen molar-refractivity contribution in [3.63, 3.8) is 0 Å². The summed E-state index contributed by atoms with van der Waals surface area (Å²) in [6, 6.07) is 0. The van der Waals surface area contributed by atoms with Gasteiger partial charge in [0.25, 0.3) is 0 Å². The van der Waals surface area contributed by atoms with E-state index in [1.165, 1.54) is 12.8 Å². The average molecular weight is 168 g/mol. The van der Waals surface area contributed by atoms with Crippen LogP contribution in [0.15, 0.2) is 0 Å². The smallest absolute Gasteiger partial charge is 0.219 e. The largest absolute Gasteiger partial charge is 0.368 e. The molecule has 0 aliphatic heterocycles. The number of hydrogen-bond donors (Lipinski definition) is 2. The highest BCUT2D eigenvalue weighted by Crippen LogP contribution is 2.17. The fourth-order valence-electron chi connectivity index (χ4n) is 1.16. The third-order valence-electron chi connectivity index (χ3n) is 1.98. The highest BCUT2D eigenvalue weighted by molar-refractivity contribution is 5.14. The summed E-state index contributed by atoms with van der Waals surface area (Å²) in [6.07, 6.45) is 3.58. The van der Waals surface area contributed by atoms with Gasteiger partial charge in [-0.1, -0.05) is 26.7 Å². The van der Waals surface area contributed by atoms with E-state index < -0.39 is 0 Å². The molecule has 1 atom stereocenters. The highest BCUT2D eigenvalue weighted by Gasteiger charge is 2.08. The van der Waals surface area contributed by atoms with Crippen molar-refractivity contribution in [2.24, 2.45) is 0 Å². The minimum absolute atomic E-state index is 0.411. The van der Waals surface area contributed by atoms with Gasteiger partial charge in [0.2, 0.25) is 5.95 Å². The van der Waals surface area contributed by atoms with E-state index in [2.05, 4.69) is 29.0 Å². The van der Waals surface area contributed by atoms with Gasteiger partial charge in [-0.25, -0.2) is 0 Å². The number of hydrogen-bond acceptors (Lipinski definition) is 3. The average Bonchev–Trinajstić information content (AvgIpc) is 2.47. The van der Waals surface area contributed by atoms with Crippen LogP contribution in [0.3, 0.4) is 0 Å². The summed E-state index contributed by atoms with van der Waals surface area (Å²) in [5, 5.41) is 7.66. The van der Waals surface area contributed by atoms with Crippen molar-refractivity contribution >= 4 is 5.95 Å². The Morgan fingerprint density at radius 3 is 2.75 bits per heavy atom. The second-order valence-corrected chi connectivity index (χ2v) is 3.14. The number of unbranched alkanes of at least 4 members (excludes halogenated alkanes) is 1. The summed E-state index contributed by atoms with van der Waals surface area (Å²) in [7, 11) is 0. The van der Waals surface area contributed by atoms with E-state index in [4.69, 9.17) is 5.73 Å². The van der Waals surface area contributed by atoms with E-state index >= 15 is 0 Å². The number of nitrogen functional groups attached to an aromatic ring is 1. The van der Waals surface area contributed by atoms with Gasteiger partial charge < -0.3 is 10.7 Å². The normalized spacial score (nSPS) is 13.2. The zero-order chi connectivity index (χ0) is 8.97. The first-order valence-electron chi connectivity index (χ1n) is 4.42. The van der Waals surface area contributed by atoms with Crippen molar-refractivity contribution in [1.82, 2.24) is 15.2 Å². The van der Waals surface area contributed by atoms with Gasteiger partial charge >= 0.3 is 0 Å². The molecule has 0 amide bonds. The van der Waals surface area contributed by atoms with Crippen molar-refractivity contribution < 1.29 is 0 Å². The first kappa shape index (κ1) is 9.03. The predicted molar refractivity (Wildman–Crippen MR) is 48.7 cm³/mol. The molecule has 0 saturated heterocycles. The topological polar surface area (TPSA) is 67.6 Å². The quantitative estimate of drug-likeness (QED) is 0.718. The van der Waals surface area contributed by atoms with Gasteiger partial charge in [-0.05, 0) is 6.42 Å². The fourth-order valence-corrected chi connectivity index (χ4v) is 1.16. The molecule has 0 bridgehead atoms. The number of rotatable bonds is 4. The molecule has 0 fully saturated rings. The summed E-state index contributed by atoms with van der Waals surface area (Å²) < 4.78 is 0.